The summed E-state index contributed by atoms with van der Waals surface area (Å²) < 4.78 is 23.4. The minimum absolute atomic E-state index is 0.0365. The summed E-state index contributed by atoms with van der Waals surface area (Å²) >= 11 is 6.11. The van der Waals surface area contributed by atoms with Crippen molar-refractivity contribution in [1.29, 1.82) is 0 Å². The van der Waals surface area contributed by atoms with Gasteiger partial charge >= 0.3 is 0 Å². The van der Waals surface area contributed by atoms with Crippen LogP contribution in [0.25, 0.3) is 0 Å². The van der Waals surface area contributed by atoms with Crippen LogP contribution in [0.5, 0.6) is 0 Å². The highest BCUT2D eigenvalue weighted by Crippen LogP contribution is 2.56. The van der Waals surface area contributed by atoms with Crippen molar-refractivity contribution in [3.8, 4) is 0 Å². The van der Waals surface area contributed by atoms with Gasteiger partial charge in [0.15, 0.2) is 9.84 Å². The molecule has 29 heavy (non-hydrogen) atoms. The van der Waals surface area contributed by atoms with Crippen LogP contribution >= 0.6 is 11.6 Å². The summed E-state index contributed by atoms with van der Waals surface area (Å²) in [4.78, 5) is 19.5. The van der Waals surface area contributed by atoms with Crippen molar-refractivity contribution >= 4 is 38.9 Å². The Labute approximate surface area is 175 Å². The largest absolute Gasteiger partial charge is 0.340 e. The number of halogens is 1. The molecule has 2 bridgehead atoms. The molecule has 1 aromatic carbocycles. The number of sulfone groups is 1. The fraction of sp³-hybridized carbons (Fsp3) is 0.429. The summed E-state index contributed by atoms with van der Waals surface area (Å²) in [6.07, 6.45) is 4.92. The molecule has 0 spiro atoms. The average molecular weight is 432 g/mol. The van der Waals surface area contributed by atoms with Gasteiger partial charge in [0.2, 0.25) is 0 Å². The highest BCUT2D eigenvalue weighted by atomic mass is 35.5. The molecular formula is C21H22ClN3O3S. The molecule has 1 N–H and O–H groups in total. The number of fused-ring (bicyclic) bond motifs is 5. The molecule has 8 heteroatoms. The van der Waals surface area contributed by atoms with Gasteiger partial charge in [0.25, 0.3) is 5.91 Å². The van der Waals surface area contributed by atoms with Crippen LogP contribution in [0.2, 0.25) is 5.02 Å². The van der Waals surface area contributed by atoms with Gasteiger partial charge in [0, 0.05) is 35.6 Å². The number of carbonyl (C=O) groups excluding carboxylic acids is 1. The van der Waals surface area contributed by atoms with E-state index >= 15 is 0 Å². The summed E-state index contributed by atoms with van der Waals surface area (Å²) in [7, 11) is -3.03. The number of rotatable bonds is 3. The van der Waals surface area contributed by atoms with E-state index < -0.39 is 9.84 Å². The Balaban J connectivity index is 1.50. The smallest absolute Gasteiger partial charge is 0.255 e. The molecule has 2 atom stereocenters. The Morgan fingerprint density at radius 3 is 2.59 bits per heavy atom. The molecule has 2 unspecified atom stereocenters. The van der Waals surface area contributed by atoms with Gasteiger partial charge in [0.1, 0.15) is 5.82 Å². The summed E-state index contributed by atoms with van der Waals surface area (Å²) in [6, 6.07) is 7.52. The van der Waals surface area contributed by atoms with E-state index in [-0.39, 0.29) is 30.5 Å². The zero-order valence-corrected chi connectivity index (χ0v) is 17.5. The van der Waals surface area contributed by atoms with Gasteiger partial charge in [-0.3, -0.25) is 4.79 Å². The first-order valence-electron chi connectivity index (χ1n) is 9.96. The number of aromatic nitrogens is 1. The molecule has 152 valence electrons. The van der Waals surface area contributed by atoms with Gasteiger partial charge in [-0.05, 0) is 54.9 Å². The van der Waals surface area contributed by atoms with E-state index in [0.717, 1.165) is 41.9 Å². The fourth-order valence-corrected chi connectivity index (χ4v) is 6.35. The van der Waals surface area contributed by atoms with Crippen LogP contribution in [0.3, 0.4) is 0 Å². The molecule has 1 amide bonds. The number of benzene rings is 1. The maximum absolute atomic E-state index is 13.2. The number of hydrogen-bond donors (Lipinski definition) is 1. The Morgan fingerprint density at radius 1 is 1.14 bits per heavy atom. The Hall–Kier alpha value is -2.12. The lowest BCUT2D eigenvalue weighted by Gasteiger charge is -2.29. The molecule has 6 nitrogen and oxygen atoms in total. The van der Waals surface area contributed by atoms with E-state index in [0.29, 0.717) is 22.4 Å². The van der Waals surface area contributed by atoms with Gasteiger partial charge in [-0.1, -0.05) is 17.7 Å². The number of amides is 1. The van der Waals surface area contributed by atoms with Gasteiger partial charge in [-0.25, -0.2) is 13.4 Å². The summed E-state index contributed by atoms with van der Waals surface area (Å²) in [6.45, 7) is 0.513. The van der Waals surface area contributed by atoms with Crippen LogP contribution in [0.15, 0.2) is 30.5 Å². The molecule has 1 aliphatic heterocycles. The van der Waals surface area contributed by atoms with Crippen molar-refractivity contribution in [2.75, 3.05) is 29.9 Å². The van der Waals surface area contributed by atoms with Crippen LogP contribution in [0.4, 0.5) is 11.5 Å². The fourth-order valence-electron chi connectivity index (χ4n) is 4.96. The van der Waals surface area contributed by atoms with Crippen molar-refractivity contribution in [1.82, 2.24) is 9.88 Å². The Kier molecular flexibility index (Phi) is 4.55. The summed E-state index contributed by atoms with van der Waals surface area (Å²) in [5.74, 6) is 1.57. The van der Waals surface area contributed by atoms with Gasteiger partial charge in [-0.15, -0.1) is 0 Å². The number of nitrogens with one attached hydrogen (secondary N) is 1. The van der Waals surface area contributed by atoms with E-state index in [1.165, 1.54) is 0 Å². The number of anilines is 2. The number of nitrogens with zero attached hydrogens (tertiary/aromatic N) is 2. The second kappa shape index (κ2) is 6.99. The molecule has 1 aromatic heterocycles. The third-order valence-electron chi connectivity index (χ3n) is 6.36. The third-order valence-corrected chi connectivity index (χ3v) is 8.20. The minimum atomic E-state index is -3.03. The second-order valence-electron chi connectivity index (χ2n) is 8.13. The summed E-state index contributed by atoms with van der Waals surface area (Å²) in [5, 5.41) is 4.04. The van der Waals surface area contributed by atoms with Gasteiger partial charge in [-0.2, -0.15) is 0 Å². The quantitative estimate of drug-likeness (QED) is 0.801. The zero-order valence-electron chi connectivity index (χ0n) is 15.9. The SMILES string of the molecule is O=C(c1cnc(Nc2cccc(Cl)c2)c2c1C1CCC2C1)N1CCS(=O)(=O)CC1. The molecular weight excluding hydrogens is 410 g/mol. The number of pyridine rings is 1. The molecule has 1 saturated carbocycles. The topological polar surface area (TPSA) is 79.4 Å². The van der Waals surface area contributed by atoms with E-state index in [9.17, 15) is 13.2 Å². The molecule has 1 saturated heterocycles. The standard InChI is InChI=1S/C21H22ClN3O3S/c22-15-2-1-3-16(11-15)24-20-19-14-5-4-13(10-14)18(19)17(12-23-20)21(26)25-6-8-29(27,28)9-7-25/h1-3,11-14H,4-10H2,(H,23,24). The maximum atomic E-state index is 13.2. The molecule has 5 rings (SSSR count). The van der Waals surface area contributed by atoms with Crippen molar-refractivity contribution in [2.45, 2.75) is 31.1 Å². The van der Waals surface area contributed by atoms with E-state index in [2.05, 4.69) is 10.3 Å². The molecule has 2 aliphatic carbocycles. The lowest BCUT2D eigenvalue weighted by atomic mass is 9.88. The first kappa shape index (κ1) is 18.9. The average Bonchev–Trinajstić information content (AvgIpc) is 3.30. The van der Waals surface area contributed by atoms with Crippen LogP contribution < -0.4 is 5.32 Å². The minimum Gasteiger partial charge on any atom is -0.340 e. The summed E-state index contributed by atoms with van der Waals surface area (Å²) in [5.41, 5.74) is 3.77. The van der Waals surface area contributed by atoms with Crippen LogP contribution in [0, 0.1) is 0 Å². The zero-order chi connectivity index (χ0) is 20.2. The van der Waals surface area contributed by atoms with Crippen LogP contribution in [0.1, 0.15) is 52.6 Å². The maximum Gasteiger partial charge on any atom is 0.255 e. The molecule has 2 heterocycles. The van der Waals surface area contributed by atoms with Crippen LogP contribution in [-0.4, -0.2) is 48.8 Å². The molecule has 2 aromatic rings. The first-order valence-corrected chi connectivity index (χ1v) is 12.2. The van der Waals surface area contributed by atoms with Crippen molar-refractivity contribution in [2.24, 2.45) is 0 Å². The first-order chi connectivity index (χ1) is 13.9. The molecule has 2 fully saturated rings. The monoisotopic (exact) mass is 431 g/mol. The highest BCUT2D eigenvalue weighted by molar-refractivity contribution is 7.91. The predicted molar refractivity (Wildman–Crippen MR) is 113 cm³/mol. The van der Waals surface area contributed by atoms with Crippen molar-refractivity contribution in [3.63, 3.8) is 0 Å². The number of hydrogen-bond acceptors (Lipinski definition) is 5. The van der Waals surface area contributed by atoms with Crippen molar-refractivity contribution in [3.05, 3.63) is 52.2 Å². The van der Waals surface area contributed by atoms with E-state index in [1.54, 1.807) is 11.1 Å². The van der Waals surface area contributed by atoms with Crippen LogP contribution in [-0.2, 0) is 9.84 Å². The van der Waals surface area contributed by atoms with Crippen molar-refractivity contribution < 1.29 is 13.2 Å². The highest BCUT2D eigenvalue weighted by Gasteiger charge is 2.42. The Morgan fingerprint density at radius 2 is 1.86 bits per heavy atom. The molecule has 3 aliphatic rings. The predicted octanol–water partition coefficient (Wildman–Crippen LogP) is 3.71. The Bertz CT molecular complexity index is 1090. The second-order valence-corrected chi connectivity index (χ2v) is 10.9. The van der Waals surface area contributed by atoms with E-state index in [1.807, 2.05) is 24.3 Å². The lowest BCUT2D eigenvalue weighted by Crippen LogP contribution is -2.44. The van der Waals surface area contributed by atoms with E-state index in [4.69, 9.17) is 11.6 Å². The third kappa shape index (κ3) is 3.40. The number of carbonyl (C=O) groups is 1. The lowest BCUT2D eigenvalue weighted by molar-refractivity contribution is 0.0768. The van der Waals surface area contributed by atoms with Gasteiger partial charge in [0.05, 0.1) is 17.1 Å². The van der Waals surface area contributed by atoms with Gasteiger partial charge < -0.3 is 10.2 Å². The molecule has 0 radical (unpaired) electrons. The normalized spacial score (nSPS) is 24.4.